The molecule has 1 aromatic rings. The molecule has 0 aliphatic heterocycles. The first-order valence-corrected chi connectivity index (χ1v) is 7.93. The fourth-order valence-electron chi connectivity index (χ4n) is 2.16. The standard InChI is InChI=1S/C18H26N2O4/c1-18(2,3)20-16(22)11-10-15(21)19-14(17(23)24-4)12-13-8-6-5-7-9-13/h5-9,14H,10-12H2,1-4H3,(H,19,21)(H,20,22). The van der Waals surface area contributed by atoms with Crippen LogP contribution in [-0.4, -0.2) is 36.5 Å². The van der Waals surface area contributed by atoms with Crippen molar-refractivity contribution in [3.05, 3.63) is 35.9 Å². The van der Waals surface area contributed by atoms with Gasteiger partial charge in [0.25, 0.3) is 0 Å². The van der Waals surface area contributed by atoms with Crippen LogP contribution in [0.5, 0.6) is 0 Å². The predicted octanol–water partition coefficient (Wildman–Crippen LogP) is 1.58. The van der Waals surface area contributed by atoms with E-state index in [4.69, 9.17) is 4.74 Å². The molecule has 24 heavy (non-hydrogen) atoms. The van der Waals surface area contributed by atoms with Gasteiger partial charge in [-0.3, -0.25) is 9.59 Å². The molecule has 6 heteroatoms. The van der Waals surface area contributed by atoms with Crippen LogP contribution in [0.4, 0.5) is 0 Å². The van der Waals surface area contributed by atoms with E-state index < -0.39 is 12.0 Å². The summed E-state index contributed by atoms with van der Waals surface area (Å²) in [7, 11) is 1.28. The molecule has 1 rings (SSSR count). The second kappa shape index (κ2) is 9.05. The molecule has 0 radical (unpaired) electrons. The topological polar surface area (TPSA) is 84.5 Å². The van der Waals surface area contributed by atoms with Crippen LogP contribution in [0, 0.1) is 0 Å². The number of esters is 1. The summed E-state index contributed by atoms with van der Waals surface area (Å²) in [5.74, 6) is -1.06. The Morgan fingerprint density at radius 3 is 2.17 bits per heavy atom. The molecule has 0 aromatic heterocycles. The summed E-state index contributed by atoms with van der Waals surface area (Å²) in [6.45, 7) is 5.62. The maximum Gasteiger partial charge on any atom is 0.328 e. The zero-order valence-electron chi connectivity index (χ0n) is 14.7. The Morgan fingerprint density at radius 2 is 1.62 bits per heavy atom. The maximum atomic E-state index is 12.0. The van der Waals surface area contributed by atoms with Crippen molar-refractivity contribution in [3.63, 3.8) is 0 Å². The van der Waals surface area contributed by atoms with Gasteiger partial charge < -0.3 is 15.4 Å². The summed E-state index contributed by atoms with van der Waals surface area (Å²) >= 11 is 0. The third-order valence-corrected chi connectivity index (χ3v) is 3.20. The van der Waals surface area contributed by atoms with E-state index in [-0.39, 0.29) is 30.2 Å². The van der Waals surface area contributed by atoms with E-state index in [0.29, 0.717) is 6.42 Å². The number of hydrogen-bond acceptors (Lipinski definition) is 4. The highest BCUT2D eigenvalue weighted by atomic mass is 16.5. The smallest absolute Gasteiger partial charge is 0.328 e. The number of rotatable bonds is 7. The molecule has 1 atom stereocenters. The minimum atomic E-state index is -0.768. The van der Waals surface area contributed by atoms with Gasteiger partial charge in [-0.1, -0.05) is 30.3 Å². The van der Waals surface area contributed by atoms with Crippen molar-refractivity contribution >= 4 is 17.8 Å². The number of nitrogens with one attached hydrogen (secondary N) is 2. The van der Waals surface area contributed by atoms with Crippen molar-refractivity contribution in [2.24, 2.45) is 0 Å². The molecule has 2 N–H and O–H groups in total. The van der Waals surface area contributed by atoms with Gasteiger partial charge in [-0.05, 0) is 26.3 Å². The van der Waals surface area contributed by atoms with Gasteiger partial charge in [0.15, 0.2) is 0 Å². The summed E-state index contributed by atoms with van der Waals surface area (Å²) in [5.41, 5.74) is 0.578. The van der Waals surface area contributed by atoms with Crippen LogP contribution >= 0.6 is 0 Å². The number of ether oxygens (including phenoxy) is 1. The van der Waals surface area contributed by atoms with Gasteiger partial charge >= 0.3 is 5.97 Å². The zero-order chi connectivity index (χ0) is 18.2. The normalized spacial score (nSPS) is 12.2. The highest BCUT2D eigenvalue weighted by molar-refractivity contribution is 5.87. The fourth-order valence-corrected chi connectivity index (χ4v) is 2.16. The lowest BCUT2D eigenvalue weighted by molar-refractivity contribution is -0.145. The van der Waals surface area contributed by atoms with E-state index >= 15 is 0 Å². The molecular weight excluding hydrogens is 308 g/mol. The summed E-state index contributed by atoms with van der Waals surface area (Å²) in [6, 6.07) is 8.58. The second-order valence-electron chi connectivity index (χ2n) is 6.63. The van der Waals surface area contributed by atoms with Crippen molar-refractivity contribution in [2.45, 2.75) is 51.6 Å². The van der Waals surface area contributed by atoms with E-state index in [1.807, 2.05) is 51.1 Å². The molecule has 2 amide bonds. The Morgan fingerprint density at radius 1 is 1.04 bits per heavy atom. The highest BCUT2D eigenvalue weighted by Crippen LogP contribution is 2.06. The average Bonchev–Trinajstić information content (AvgIpc) is 2.51. The van der Waals surface area contributed by atoms with Crippen molar-refractivity contribution in [1.29, 1.82) is 0 Å². The number of hydrogen-bond donors (Lipinski definition) is 2. The SMILES string of the molecule is COC(=O)C(Cc1ccccc1)NC(=O)CCC(=O)NC(C)(C)C. The minimum Gasteiger partial charge on any atom is -0.467 e. The van der Waals surface area contributed by atoms with E-state index in [1.54, 1.807) is 0 Å². The predicted molar refractivity (Wildman–Crippen MR) is 91.2 cm³/mol. The molecule has 0 aliphatic carbocycles. The monoisotopic (exact) mass is 334 g/mol. The first-order chi connectivity index (χ1) is 11.2. The van der Waals surface area contributed by atoms with Crippen LogP contribution in [0.25, 0.3) is 0 Å². The molecule has 1 aromatic carbocycles. The number of benzene rings is 1. The summed E-state index contributed by atoms with van der Waals surface area (Å²) in [6.07, 6.45) is 0.431. The quantitative estimate of drug-likeness (QED) is 0.742. The van der Waals surface area contributed by atoms with Gasteiger partial charge in [0.1, 0.15) is 6.04 Å². The Bertz CT molecular complexity index is 564. The highest BCUT2D eigenvalue weighted by Gasteiger charge is 2.22. The Hall–Kier alpha value is -2.37. The van der Waals surface area contributed by atoms with Crippen LogP contribution in [0.3, 0.4) is 0 Å². The van der Waals surface area contributed by atoms with Gasteiger partial charge in [0.2, 0.25) is 11.8 Å². The van der Waals surface area contributed by atoms with Crippen LogP contribution in [0.1, 0.15) is 39.2 Å². The minimum absolute atomic E-state index is 0.0181. The van der Waals surface area contributed by atoms with Gasteiger partial charge in [-0.15, -0.1) is 0 Å². The number of carbonyl (C=O) groups is 3. The first-order valence-electron chi connectivity index (χ1n) is 7.93. The number of methoxy groups -OCH3 is 1. The fraction of sp³-hybridized carbons (Fsp3) is 0.500. The lowest BCUT2D eigenvalue weighted by atomic mass is 10.1. The van der Waals surface area contributed by atoms with Crippen molar-refractivity contribution in [2.75, 3.05) is 7.11 Å². The zero-order valence-corrected chi connectivity index (χ0v) is 14.7. The van der Waals surface area contributed by atoms with Crippen LogP contribution < -0.4 is 10.6 Å². The summed E-state index contributed by atoms with van der Waals surface area (Å²) < 4.78 is 4.74. The lowest BCUT2D eigenvalue weighted by Crippen LogP contribution is -2.44. The molecule has 0 heterocycles. The molecule has 0 fully saturated rings. The van der Waals surface area contributed by atoms with E-state index in [2.05, 4.69) is 10.6 Å². The van der Waals surface area contributed by atoms with Crippen molar-refractivity contribution in [1.82, 2.24) is 10.6 Å². The Balaban J connectivity index is 2.55. The van der Waals surface area contributed by atoms with Gasteiger partial charge in [-0.2, -0.15) is 0 Å². The van der Waals surface area contributed by atoms with E-state index in [1.165, 1.54) is 7.11 Å². The Labute approximate surface area is 143 Å². The van der Waals surface area contributed by atoms with Gasteiger partial charge in [-0.25, -0.2) is 4.79 Å². The third kappa shape index (κ3) is 7.76. The summed E-state index contributed by atoms with van der Waals surface area (Å²) in [5, 5.41) is 5.43. The lowest BCUT2D eigenvalue weighted by Gasteiger charge is -2.20. The molecule has 132 valence electrons. The molecule has 0 saturated heterocycles. The van der Waals surface area contributed by atoms with Crippen LogP contribution in [0.15, 0.2) is 30.3 Å². The maximum absolute atomic E-state index is 12.0. The molecule has 0 spiro atoms. The van der Waals surface area contributed by atoms with Crippen molar-refractivity contribution < 1.29 is 19.1 Å². The number of carbonyl (C=O) groups excluding carboxylic acids is 3. The second-order valence-corrected chi connectivity index (χ2v) is 6.63. The molecule has 6 nitrogen and oxygen atoms in total. The molecule has 0 aliphatic rings. The van der Waals surface area contributed by atoms with E-state index in [0.717, 1.165) is 5.56 Å². The molecule has 0 bridgehead atoms. The number of amides is 2. The Kier molecular flexibility index (Phi) is 7.42. The van der Waals surface area contributed by atoms with Gasteiger partial charge in [0, 0.05) is 24.8 Å². The van der Waals surface area contributed by atoms with Gasteiger partial charge in [0.05, 0.1) is 7.11 Å². The summed E-state index contributed by atoms with van der Waals surface area (Å²) in [4.78, 5) is 35.6. The first kappa shape index (κ1) is 19.7. The average molecular weight is 334 g/mol. The van der Waals surface area contributed by atoms with Crippen LogP contribution in [-0.2, 0) is 25.5 Å². The third-order valence-electron chi connectivity index (χ3n) is 3.20. The largest absolute Gasteiger partial charge is 0.467 e. The molecule has 0 saturated carbocycles. The molecular formula is C18H26N2O4. The molecule has 1 unspecified atom stereocenters. The van der Waals surface area contributed by atoms with Crippen LogP contribution in [0.2, 0.25) is 0 Å². The van der Waals surface area contributed by atoms with E-state index in [9.17, 15) is 14.4 Å². The van der Waals surface area contributed by atoms with Crippen molar-refractivity contribution in [3.8, 4) is 0 Å².